The molecular weight excluding hydrogens is 358 g/mol. The van der Waals surface area contributed by atoms with Crippen molar-refractivity contribution in [1.29, 1.82) is 0 Å². The van der Waals surface area contributed by atoms with Crippen molar-refractivity contribution in [3.8, 4) is 5.13 Å². The Morgan fingerprint density at radius 1 is 1.38 bits per heavy atom. The van der Waals surface area contributed by atoms with Crippen LogP contribution in [0.3, 0.4) is 0 Å². The second-order valence-electron chi connectivity index (χ2n) is 5.88. The number of carbonyl (C=O) groups is 1. The largest absolute Gasteiger partial charge is 0.477 e. The highest BCUT2D eigenvalue weighted by Gasteiger charge is 2.26. The first-order chi connectivity index (χ1) is 12.5. The summed E-state index contributed by atoms with van der Waals surface area (Å²) in [6, 6.07) is 1.73. The monoisotopic (exact) mass is 371 g/mol. The summed E-state index contributed by atoms with van der Waals surface area (Å²) in [7, 11) is 0. The van der Waals surface area contributed by atoms with Crippen LogP contribution in [-0.2, 0) is 0 Å². The average Bonchev–Trinajstić information content (AvgIpc) is 3.07. The van der Waals surface area contributed by atoms with Crippen molar-refractivity contribution in [1.82, 2.24) is 14.5 Å². The van der Waals surface area contributed by atoms with Crippen molar-refractivity contribution < 1.29 is 15.1 Å². The third-order valence-electron chi connectivity index (χ3n) is 4.21. The molecule has 1 aliphatic heterocycles. The van der Waals surface area contributed by atoms with E-state index in [4.69, 9.17) is 5.21 Å². The van der Waals surface area contributed by atoms with Crippen molar-refractivity contribution in [2.24, 2.45) is 5.16 Å². The van der Waals surface area contributed by atoms with Gasteiger partial charge in [0.05, 0.1) is 24.2 Å². The zero-order valence-corrected chi connectivity index (χ0v) is 14.4. The van der Waals surface area contributed by atoms with Gasteiger partial charge >= 0.3 is 5.97 Å². The van der Waals surface area contributed by atoms with E-state index in [0.717, 1.165) is 0 Å². The molecule has 0 amide bonds. The van der Waals surface area contributed by atoms with Gasteiger partial charge in [0.25, 0.3) is 0 Å². The van der Waals surface area contributed by atoms with Crippen molar-refractivity contribution >= 4 is 39.9 Å². The van der Waals surface area contributed by atoms with E-state index in [2.05, 4.69) is 15.1 Å². The summed E-state index contributed by atoms with van der Waals surface area (Å²) in [5, 5.41) is 23.9. The van der Waals surface area contributed by atoms with Crippen LogP contribution in [0.15, 0.2) is 33.8 Å². The molecule has 0 aliphatic carbocycles. The van der Waals surface area contributed by atoms with E-state index in [-0.39, 0.29) is 10.9 Å². The van der Waals surface area contributed by atoms with Crippen LogP contribution in [0.2, 0.25) is 0 Å². The molecule has 0 saturated carbocycles. The summed E-state index contributed by atoms with van der Waals surface area (Å²) in [6.45, 7) is 2.64. The van der Waals surface area contributed by atoms with Gasteiger partial charge in [-0.3, -0.25) is 9.36 Å². The molecule has 26 heavy (non-hydrogen) atoms. The lowest BCUT2D eigenvalue weighted by molar-refractivity contribution is 0.0695. The maximum absolute atomic E-state index is 12.7. The molecule has 2 N–H and O–H groups in total. The maximum Gasteiger partial charge on any atom is 0.341 e. The Morgan fingerprint density at radius 2 is 2.15 bits per heavy atom. The molecule has 9 nitrogen and oxygen atoms in total. The van der Waals surface area contributed by atoms with Crippen LogP contribution in [0.1, 0.15) is 15.9 Å². The molecule has 1 saturated heterocycles. The minimum Gasteiger partial charge on any atom is -0.477 e. The van der Waals surface area contributed by atoms with Gasteiger partial charge in [-0.05, 0) is 18.6 Å². The van der Waals surface area contributed by atoms with E-state index in [0.29, 0.717) is 41.0 Å². The third kappa shape index (κ3) is 2.42. The quantitative estimate of drug-likeness (QED) is 0.528. The summed E-state index contributed by atoms with van der Waals surface area (Å²) in [5.41, 5.74) is 0.710. The van der Waals surface area contributed by atoms with Gasteiger partial charge in [0.15, 0.2) is 10.8 Å². The number of hydrogen-bond acceptors (Lipinski definition) is 8. The van der Waals surface area contributed by atoms with Crippen LogP contribution in [0.5, 0.6) is 0 Å². The number of hydrogen-bond donors (Lipinski definition) is 2. The minimum atomic E-state index is -1.29. The Kier molecular flexibility index (Phi) is 3.69. The molecule has 4 heterocycles. The normalized spacial score (nSPS) is 13.7. The molecule has 1 aliphatic rings. The molecule has 0 unspecified atom stereocenters. The number of fused-ring (bicyclic) bond motifs is 1. The fraction of sp³-hybridized carbons (Fsp3) is 0.188. The molecule has 3 aromatic heterocycles. The number of aromatic carboxylic acids is 1. The molecule has 1 fully saturated rings. The van der Waals surface area contributed by atoms with Crippen LogP contribution < -0.4 is 10.3 Å². The van der Waals surface area contributed by atoms with Crippen LogP contribution >= 0.6 is 11.3 Å². The number of pyridine rings is 2. The number of carboxylic acid groups (broad SMARTS) is 1. The van der Waals surface area contributed by atoms with Crippen molar-refractivity contribution in [3.63, 3.8) is 0 Å². The smallest absolute Gasteiger partial charge is 0.341 e. The van der Waals surface area contributed by atoms with Gasteiger partial charge in [-0.15, -0.1) is 11.3 Å². The summed E-state index contributed by atoms with van der Waals surface area (Å²) < 4.78 is 1.53. The molecule has 10 heteroatoms. The van der Waals surface area contributed by atoms with E-state index in [1.165, 1.54) is 22.1 Å². The number of rotatable bonds is 3. The van der Waals surface area contributed by atoms with Crippen molar-refractivity contribution in [2.75, 3.05) is 18.0 Å². The molecule has 0 bridgehead atoms. The fourth-order valence-corrected chi connectivity index (χ4v) is 3.51. The summed E-state index contributed by atoms with van der Waals surface area (Å²) in [6.07, 6.45) is 2.86. The molecule has 0 radical (unpaired) electrons. The van der Waals surface area contributed by atoms with Crippen molar-refractivity contribution in [3.05, 3.63) is 45.2 Å². The van der Waals surface area contributed by atoms with Crippen LogP contribution in [0.25, 0.3) is 16.2 Å². The molecule has 0 aromatic carbocycles. The predicted molar refractivity (Wildman–Crippen MR) is 96.1 cm³/mol. The Hall–Kier alpha value is -3.27. The number of carboxylic acids is 1. The number of oxime groups is 1. The Bertz CT molecular complexity index is 1110. The highest BCUT2D eigenvalue weighted by Crippen LogP contribution is 2.26. The van der Waals surface area contributed by atoms with Gasteiger partial charge in [0, 0.05) is 17.8 Å². The van der Waals surface area contributed by atoms with Crippen LogP contribution in [-0.4, -0.2) is 49.6 Å². The lowest BCUT2D eigenvalue weighted by atomic mass is 10.1. The first kappa shape index (κ1) is 16.2. The molecule has 0 spiro atoms. The zero-order chi connectivity index (χ0) is 18.4. The molecule has 0 atom stereocenters. The molecular formula is C16H13N5O4S. The summed E-state index contributed by atoms with van der Waals surface area (Å²) in [5.74, 6) is -0.674. The number of aryl methyl sites for hydroxylation is 1. The van der Waals surface area contributed by atoms with Gasteiger partial charge in [0.1, 0.15) is 11.4 Å². The van der Waals surface area contributed by atoms with Gasteiger partial charge in [-0.1, -0.05) is 5.16 Å². The van der Waals surface area contributed by atoms with E-state index in [1.807, 2.05) is 4.90 Å². The van der Waals surface area contributed by atoms with E-state index in [1.54, 1.807) is 24.6 Å². The predicted octanol–water partition coefficient (Wildman–Crippen LogP) is 1.50. The fourth-order valence-electron chi connectivity index (χ4n) is 2.89. The van der Waals surface area contributed by atoms with Gasteiger partial charge < -0.3 is 15.2 Å². The average molecular weight is 371 g/mol. The highest BCUT2D eigenvalue weighted by atomic mass is 32.1. The number of nitrogens with zero attached hydrogens (tertiary/aromatic N) is 5. The number of aromatic nitrogens is 3. The standard InChI is InChI=1S/C16H13N5O4S/c1-8-4-11(20-5-9(6-20)19-25)18-14-12(8)13(22)10(15(23)24)7-21(14)16-17-2-3-26-16/h2-4,7,25H,5-6H2,1H3,(H,23,24). The van der Waals surface area contributed by atoms with Gasteiger partial charge in [0.2, 0.25) is 5.43 Å². The summed E-state index contributed by atoms with van der Waals surface area (Å²) in [4.78, 5) is 34.8. The maximum atomic E-state index is 12.7. The first-order valence-corrected chi connectivity index (χ1v) is 8.52. The Balaban J connectivity index is 2.00. The molecule has 132 valence electrons. The molecule has 4 rings (SSSR count). The van der Waals surface area contributed by atoms with Crippen LogP contribution in [0.4, 0.5) is 5.82 Å². The highest BCUT2D eigenvalue weighted by molar-refractivity contribution is 7.12. The Labute approximate surface area is 150 Å². The minimum absolute atomic E-state index is 0.250. The third-order valence-corrected chi connectivity index (χ3v) is 4.98. The second-order valence-corrected chi connectivity index (χ2v) is 6.75. The Morgan fingerprint density at radius 3 is 2.77 bits per heavy atom. The lowest BCUT2D eigenvalue weighted by Crippen LogP contribution is -2.48. The first-order valence-electron chi connectivity index (χ1n) is 7.64. The van der Waals surface area contributed by atoms with E-state index < -0.39 is 11.4 Å². The van der Waals surface area contributed by atoms with Gasteiger partial charge in [-0.25, -0.2) is 14.8 Å². The number of thiazole rings is 1. The zero-order valence-electron chi connectivity index (χ0n) is 13.6. The van der Waals surface area contributed by atoms with Crippen LogP contribution in [0, 0.1) is 6.92 Å². The van der Waals surface area contributed by atoms with E-state index in [9.17, 15) is 14.7 Å². The topological polar surface area (TPSA) is 121 Å². The second kappa shape index (κ2) is 5.92. The number of anilines is 1. The SMILES string of the molecule is Cc1cc(N2CC(=NO)C2)nc2c1c(=O)c(C(=O)O)cn2-c1nccs1. The summed E-state index contributed by atoms with van der Waals surface area (Å²) >= 11 is 1.31. The van der Waals surface area contributed by atoms with E-state index >= 15 is 0 Å². The lowest BCUT2D eigenvalue weighted by Gasteiger charge is -2.33. The molecule has 3 aromatic rings. The van der Waals surface area contributed by atoms with Crippen molar-refractivity contribution in [2.45, 2.75) is 6.92 Å². The van der Waals surface area contributed by atoms with Gasteiger partial charge in [-0.2, -0.15) is 0 Å².